The topological polar surface area (TPSA) is 17.1 Å². The number of hydrogen-bond acceptors (Lipinski definition) is 1. The van der Waals surface area contributed by atoms with Crippen molar-refractivity contribution < 1.29 is 4.79 Å². The molecule has 92 valence electrons. The third kappa shape index (κ3) is 2.69. The molecule has 1 nitrogen and oxygen atoms in total. The molecule has 18 heavy (non-hydrogen) atoms. The van der Waals surface area contributed by atoms with Crippen LogP contribution in [0.2, 0.25) is 10.0 Å². The van der Waals surface area contributed by atoms with Crippen LogP contribution >= 0.6 is 34.8 Å². The Morgan fingerprint density at radius 1 is 0.944 bits per heavy atom. The van der Waals surface area contributed by atoms with Crippen molar-refractivity contribution >= 4 is 40.0 Å². The third-order valence-corrected chi connectivity index (χ3v) is 3.70. The molecule has 0 N–H and O–H groups in total. The lowest BCUT2D eigenvalue weighted by atomic mass is 9.92. The van der Waals surface area contributed by atoms with E-state index in [-0.39, 0.29) is 0 Å². The van der Waals surface area contributed by atoms with Gasteiger partial charge < -0.3 is 0 Å². The van der Waals surface area contributed by atoms with E-state index in [0.717, 1.165) is 5.56 Å². The zero-order valence-electron chi connectivity index (χ0n) is 9.24. The lowest BCUT2D eigenvalue weighted by Gasteiger charge is -2.15. The van der Waals surface area contributed by atoms with Crippen LogP contribution in [0, 0.1) is 0 Å². The van der Waals surface area contributed by atoms with Crippen molar-refractivity contribution in [1.82, 2.24) is 0 Å². The Labute approximate surface area is 120 Å². The molecule has 2 rings (SSSR count). The molecular formula is C14H9Cl3O. The van der Waals surface area contributed by atoms with Crippen molar-refractivity contribution in [3.63, 3.8) is 0 Å². The maximum atomic E-state index is 11.7. The highest BCUT2D eigenvalue weighted by molar-refractivity contribution is 6.65. The van der Waals surface area contributed by atoms with E-state index in [0.29, 0.717) is 15.6 Å². The van der Waals surface area contributed by atoms with E-state index in [9.17, 15) is 4.79 Å². The molecule has 1 atom stereocenters. The Morgan fingerprint density at radius 3 is 2.22 bits per heavy atom. The summed E-state index contributed by atoms with van der Waals surface area (Å²) in [6, 6.07) is 14.4. The van der Waals surface area contributed by atoms with E-state index in [4.69, 9.17) is 34.8 Å². The van der Waals surface area contributed by atoms with Gasteiger partial charge in [-0.1, -0.05) is 65.7 Å². The summed E-state index contributed by atoms with van der Waals surface area (Å²) in [5.74, 6) is -0.598. The quantitative estimate of drug-likeness (QED) is 0.737. The number of benzene rings is 2. The first kappa shape index (κ1) is 13.4. The molecular weight excluding hydrogens is 291 g/mol. The summed E-state index contributed by atoms with van der Waals surface area (Å²) in [4.78, 5) is 11.7. The molecule has 0 saturated carbocycles. The van der Waals surface area contributed by atoms with E-state index >= 15 is 0 Å². The lowest BCUT2D eigenvalue weighted by molar-refractivity contribution is -0.112. The highest BCUT2D eigenvalue weighted by atomic mass is 35.5. The van der Waals surface area contributed by atoms with Gasteiger partial charge in [-0.2, -0.15) is 0 Å². The van der Waals surface area contributed by atoms with Gasteiger partial charge in [-0.3, -0.25) is 4.79 Å². The average Bonchev–Trinajstić information content (AvgIpc) is 2.36. The molecule has 0 radical (unpaired) electrons. The SMILES string of the molecule is O=C(Cl)C(c1ccccc1)c1cccc(Cl)c1Cl. The molecule has 0 aromatic heterocycles. The highest BCUT2D eigenvalue weighted by Gasteiger charge is 2.23. The summed E-state index contributed by atoms with van der Waals surface area (Å²) in [6.45, 7) is 0. The van der Waals surface area contributed by atoms with Crippen LogP contribution in [0.5, 0.6) is 0 Å². The van der Waals surface area contributed by atoms with Crippen LogP contribution in [-0.2, 0) is 4.79 Å². The maximum Gasteiger partial charge on any atom is 0.233 e. The Hall–Kier alpha value is -1.02. The van der Waals surface area contributed by atoms with E-state index in [2.05, 4.69) is 0 Å². The van der Waals surface area contributed by atoms with Gasteiger partial charge in [0.1, 0.15) is 0 Å². The molecule has 2 aromatic carbocycles. The second kappa shape index (κ2) is 5.75. The molecule has 0 amide bonds. The molecule has 0 saturated heterocycles. The molecule has 0 aliphatic heterocycles. The molecule has 0 spiro atoms. The van der Waals surface area contributed by atoms with Crippen LogP contribution in [0.4, 0.5) is 0 Å². The zero-order chi connectivity index (χ0) is 13.1. The average molecular weight is 300 g/mol. The third-order valence-electron chi connectivity index (χ3n) is 2.65. The standard InChI is InChI=1S/C14H9Cl3O/c15-11-8-4-7-10(13(11)16)12(14(17)18)9-5-2-1-3-6-9/h1-8,12H. The molecule has 0 aliphatic carbocycles. The maximum absolute atomic E-state index is 11.7. The Morgan fingerprint density at radius 2 is 1.61 bits per heavy atom. The van der Waals surface area contributed by atoms with Crippen molar-refractivity contribution in [2.45, 2.75) is 5.92 Å². The van der Waals surface area contributed by atoms with Crippen molar-refractivity contribution in [2.75, 3.05) is 0 Å². The molecule has 0 fully saturated rings. The zero-order valence-corrected chi connectivity index (χ0v) is 11.5. The van der Waals surface area contributed by atoms with Gasteiger partial charge >= 0.3 is 0 Å². The fourth-order valence-electron chi connectivity index (χ4n) is 1.82. The van der Waals surface area contributed by atoms with Gasteiger partial charge in [-0.15, -0.1) is 0 Å². The summed E-state index contributed by atoms with van der Waals surface area (Å²) in [5, 5.41) is 0.292. The first-order chi connectivity index (χ1) is 8.61. The number of carbonyl (C=O) groups excluding carboxylic acids is 1. The predicted molar refractivity (Wildman–Crippen MR) is 75.6 cm³/mol. The molecule has 4 heteroatoms. The number of carbonyl (C=O) groups is 1. The minimum Gasteiger partial charge on any atom is -0.280 e. The van der Waals surface area contributed by atoms with Gasteiger partial charge in [-0.05, 0) is 28.8 Å². The van der Waals surface area contributed by atoms with Gasteiger partial charge in [0.05, 0.1) is 16.0 Å². The highest BCUT2D eigenvalue weighted by Crippen LogP contribution is 2.35. The Kier molecular flexibility index (Phi) is 4.28. The second-order valence-electron chi connectivity index (χ2n) is 3.79. The molecule has 0 bridgehead atoms. The largest absolute Gasteiger partial charge is 0.280 e. The first-order valence-electron chi connectivity index (χ1n) is 5.29. The van der Waals surface area contributed by atoms with Crippen LogP contribution in [-0.4, -0.2) is 5.24 Å². The van der Waals surface area contributed by atoms with Crippen LogP contribution in [0.25, 0.3) is 0 Å². The van der Waals surface area contributed by atoms with E-state index in [1.165, 1.54) is 0 Å². The van der Waals surface area contributed by atoms with Gasteiger partial charge in [-0.25, -0.2) is 0 Å². The molecule has 1 unspecified atom stereocenters. The van der Waals surface area contributed by atoms with Crippen LogP contribution in [0.15, 0.2) is 48.5 Å². The summed E-state index contributed by atoms with van der Waals surface area (Å²) in [7, 11) is 0. The minimum absolute atomic E-state index is 0.363. The number of halogens is 3. The van der Waals surface area contributed by atoms with Crippen molar-refractivity contribution in [2.24, 2.45) is 0 Å². The fourth-order valence-corrected chi connectivity index (χ4v) is 2.48. The summed E-state index contributed by atoms with van der Waals surface area (Å²) >= 11 is 17.8. The Balaban J connectivity index is 2.56. The molecule has 0 aliphatic rings. The van der Waals surface area contributed by atoms with Crippen LogP contribution < -0.4 is 0 Å². The van der Waals surface area contributed by atoms with Crippen molar-refractivity contribution in [3.05, 3.63) is 69.7 Å². The summed E-state index contributed by atoms with van der Waals surface area (Å²) in [5.41, 5.74) is 1.41. The van der Waals surface area contributed by atoms with E-state index in [1.807, 2.05) is 30.3 Å². The second-order valence-corrected chi connectivity index (χ2v) is 4.95. The number of hydrogen-bond donors (Lipinski definition) is 0. The van der Waals surface area contributed by atoms with Gasteiger partial charge in [0, 0.05) is 0 Å². The Bertz CT molecular complexity index is 567. The van der Waals surface area contributed by atoms with Gasteiger partial charge in [0.15, 0.2) is 0 Å². The molecule has 0 heterocycles. The van der Waals surface area contributed by atoms with Crippen LogP contribution in [0.3, 0.4) is 0 Å². The smallest absolute Gasteiger partial charge is 0.233 e. The number of rotatable bonds is 3. The van der Waals surface area contributed by atoms with Crippen molar-refractivity contribution in [1.29, 1.82) is 0 Å². The van der Waals surface area contributed by atoms with Crippen molar-refractivity contribution in [3.8, 4) is 0 Å². The summed E-state index contributed by atoms with van der Waals surface area (Å²) in [6.07, 6.45) is 0. The van der Waals surface area contributed by atoms with E-state index in [1.54, 1.807) is 18.2 Å². The minimum atomic E-state index is -0.598. The summed E-state index contributed by atoms with van der Waals surface area (Å²) < 4.78 is 0. The normalized spacial score (nSPS) is 12.2. The van der Waals surface area contributed by atoms with Gasteiger partial charge in [0.2, 0.25) is 5.24 Å². The van der Waals surface area contributed by atoms with Gasteiger partial charge in [0.25, 0.3) is 0 Å². The first-order valence-corrected chi connectivity index (χ1v) is 6.43. The van der Waals surface area contributed by atoms with E-state index < -0.39 is 11.2 Å². The van der Waals surface area contributed by atoms with Crippen LogP contribution in [0.1, 0.15) is 17.0 Å². The predicted octanol–water partition coefficient (Wildman–Crippen LogP) is 4.89. The fraction of sp³-hybridized carbons (Fsp3) is 0.0714. The lowest BCUT2D eigenvalue weighted by Crippen LogP contribution is -2.09. The molecule has 2 aromatic rings. The monoisotopic (exact) mass is 298 g/mol.